The number of amides is 1. The van der Waals surface area contributed by atoms with E-state index in [1.807, 2.05) is 31.0 Å². The number of carbonyl (C=O) groups excluding carboxylic acids is 1. The van der Waals surface area contributed by atoms with E-state index < -0.39 is 6.10 Å². The van der Waals surface area contributed by atoms with Crippen LogP contribution in [0.1, 0.15) is 40.9 Å². The van der Waals surface area contributed by atoms with E-state index in [9.17, 15) is 9.90 Å². The molecule has 0 radical (unpaired) electrons. The average molecular weight is 484 g/mol. The van der Waals surface area contributed by atoms with E-state index in [1.54, 1.807) is 12.1 Å². The summed E-state index contributed by atoms with van der Waals surface area (Å²) in [5, 5.41) is 11.2. The van der Waals surface area contributed by atoms with Crippen molar-refractivity contribution in [3.05, 3.63) is 64.2 Å². The molecule has 2 aromatic rings. The van der Waals surface area contributed by atoms with E-state index >= 15 is 0 Å². The number of rotatable bonds is 4. The Morgan fingerprint density at radius 3 is 2.71 bits per heavy atom. The lowest BCUT2D eigenvalue weighted by atomic mass is 9.78. The highest BCUT2D eigenvalue weighted by atomic mass is 35.5. The molecule has 0 spiro atoms. The Morgan fingerprint density at radius 1 is 1.18 bits per heavy atom. The number of carbonyl (C=O) groups is 1. The number of nitrogens with zero attached hydrogens (tertiary/aromatic N) is 3. The minimum atomic E-state index is -0.498. The molecule has 2 saturated heterocycles. The van der Waals surface area contributed by atoms with Crippen LogP contribution in [-0.4, -0.2) is 79.4 Å². The second-order valence-corrected chi connectivity index (χ2v) is 10.3. The standard InChI is InChI=1S/C27H34ClN3O3/c1-18(32)24-17-31-9-8-19-6-7-22(30-10-12-34-13-11-30)15-23(19)26(31)16-25(24)29(2)27(33)20-4-3-5-21(28)14-20/h3-7,14-15,18,24-26,32H,8-13,16-17H2,1-2H3/t18-,24-,25-,26-/m0/s1. The molecule has 0 bridgehead atoms. The molecule has 0 aromatic heterocycles. The summed E-state index contributed by atoms with van der Waals surface area (Å²) in [6.07, 6.45) is 1.32. The molecule has 2 fully saturated rings. The van der Waals surface area contributed by atoms with Crippen LogP contribution >= 0.6 is 11.6 Å². The van der Waals surface area contributed by atoms with Crippen LogP contribution in [0, 0.1) is 5.92 Å². The molecule has 5 rings (SSSR count). The maximum atomic E-state index is 13.4. The van der Waals surface area contributed by atoms with E-state index in [2.05, 4.69) is 28.0 Å². The van der Waals surface area contributed by atoms with Crippen LogP contribution in [-0.2, 0) is 11.2 Å². The van der Waals surface area contributed by atoms with Gasteiger partial charge in [0.2, 0.25) is 0 Å². The van der Waals surface area contributed by atoms with Crippen molar-refractivity contribution in [3.63, 3.8) is 0 Å². The van der Waals surface area contributed by atoms with Crippen molar-refractivity contribution in [1.82, 2.24) is 9.80 Å². The quantitative estimate of drug-likeness (QED) is 0.720. The van der Waals surface area contributed by atoms with Gasteiger partial charge in [-0.1, -0.05) is 23.7 Å². The van der Waals surface area contributed by atoms with Gasteiger partial charge in [-0.3, -0.25) is 9.69 Å². The summed E-state index contributed by atoms with van der Waals surface area (Å²) in [4.78, 5) is 20.1. The Morgan fingerprint density at radius 2 is 1.97 bits per heavy atom. The number of hydrogen-bond donors (Lipinski definition) is 1. The van der Waals surface area contributed by atoms with Crippen molar-refractivity contribution in [2.24, 2.45) is 5.92 Å². The summed E-state index contributed by atoms with van der Waals surface area (Å²) in [7, 11) is 1.87. The lowest BCUT2D eigenvalue weighted by molar-refractivity contribution is -0.0231. The lowest BCUT2D eigenvalue weighted by Crippen LogP contribution is -2.56. The van der Waals surface area contributed by atoms with Crippen LogP contribution in [0.4, 0.5) is 5.69 Å². The van der Waals surface area contributed by atoms with Crippen LogP contribution < -0.4 is 4.90 Å². The number of hydrogen-bond acceptors (Lipinski definition) is 5. The number of ether oxygens (including phenoxy) is 1. The Kier molecular flexibility index (Phi) is 6.85. The monoisotopic (exact) mass is 483 g/mol. The molecule has 0 aliphatic carbocycles. The highest BCUT2D eigenvalue weighted by Gasteiger charge is 2.43. The molecule has 0 saturated carbocycles. The number of anilines is 1. The van der Waals surface area contributed by atoms with Gasteiger partial charge in [0, 0.05) is 67.5 Å². The highest BCUT2D eigenvalue weighted by Crippen LogP contribution is 2.42. The fraction of sp³-hybridized carbons (Fsp3) is 0.519. The first kappa shape index (κ1) is 23.6. The number of aliphatic hydroxyl groups excluding tert-OH is 1. The van der Waals surface area contributed by atoms with Gasteiger partial charge in [-0.2, -0.15) is 0 Å². The number of morpholine rings is 1. The van der Waals surface area contributed by atoms with E-state index in [0.717, 1.165) is 52.2 Å². The molecule has 7 heteroatoms. The Hall–Kier alpha value is -2.12. The summed E-state index contributed by atoms with van der Waals surface area (Å²) in [5.41, 5.74) is 4.60. The second kappa shape index (κ2) is 9.86. The third kappa shape index (κ3) is 4.57. The Bertz CT molecular complexity index is 1040. The van der Waals surface area contributed by atoms with Gasteiger partial charge in [0.15, 0.2) is 0 Å². The number of aliphatic hydroxyl groups is 1. The lowest BCUT2D eigenvalue weighted by Gasteiger charge is -2.50. The normalized spacial score (nSPS) is 25.9. The zero-order valence-corrected chi connectivity index (χ0v) is 20.7. The molecular formula is C27H34ClN3O3. The van der Waals surface area contributed by atoms with Gasteiger partial charge < -0.3 is 19.6 Å². The van der Waals surface area contributed by atoms with E-state index in [-0.39, 0.29) is 23.9 Å². The third-order valence-electron chi connectivity index (χ3n) is 7.89. The molecule has 34 heavy (non-hydrogen) atoms. The van der Waals surface area contributed by atoms with Gasteiger partial charge >= 0.3 is 0 Å². The summed E-state index contributed by atoms with van der Waals surface area (Å²) in [6.45, 7) is 6.97. The third-order valence-corrected chi connectivity index (χ3v) is 8.12. The van der Waals surface area contributed by atoms with Crippen molar-refractivity contribution < 1.29 is 14.6 Å². The summed E-state index contributed by atoms with van der Waals surface area (Å²) < 4.78 is 5.54. The molecule has 3 heterocycles. The molecule has 3 aliphatic rings. The van der Waals surface area contributed by atoms with Crippen LogP contribution in [0.25, 0.3) is 0 Å². The van der Waals surface area contributed by atoms with Crippen molar-refractivity contribution in [3.8, 4) is 0 Å². The molecule has 182 valence electrons. The minimum absolute atomic E-state index is 0.00615. The number of fused-ring (bicyclic) bond motifs is 3. The van der Waals surface area contributed by atoms with Crippen LogP contribution in [0.2, 0.25) is 5.02 Å². The molecule has 3 aliphatic heterocycles. The largest absolute Gasteiger partial charge is 0.393 e. The Balaban J connectivity index is 1.44. The topological polar surface area (TPSA) is 56.2 Å². The first-order valence-corrected chi connectivity index (χ1v) is 12.7. The SMILES string of the molecule is C[C@H](O)[C@@H]1CN2CCc3ccc(N4CCOCC4)cc3[C@@H]2C[C@@H]1N(C)C(=O)c1cccc(Cl)c1. The average Bonchev–Trinajstić information content (AvgIpc) is 2.87. The van der Waals surface area contributed by atoms with Gasteiger partial charge in [-0.25, -0.2) is 0 Å². The fourth-order valence-corrected chi connectivity index (χ4v) is 6.13. The predicted molar refractivity (Wildman–Crippen MR) is 135 cm³/mol. The Labute approximate surface area is 207 Å². The van der Waals surface area contributed by atoms with Gasteiger partial charge in [-0.05, 0) is 61.2 Å². The maximum Gasteiger partial charge on any atom is 0.253 e. The zero-order valence-electron chi connectivity index (χ0n) is 20.0. The highest BCUT2D eigenvalue weighted by molar-refractivity contribution is 6.30. The van der Waals surface area contributed by atoms with E-state index in [4.69, 9.17) is 16.3 Å². The number of halogens is 1. The van der Waals surface area contributed by atoms with Gasteiger partial charge in [0.1, 0.15) is 0 Å². The van der Waals surface area contributed by atoms with Gasteiger partial charge in [-0.15, -0.1) is 0 Å². The van der Waals surface area contributed by atoms with E-state index in [1.165, 1.54) is 16.8 Å². The predicted octanol–water partition coefficient (Wildman–Crippen LogP) is 3.62. The summed E-state index contributed by atoms with van der Waals surface area (Å²) in [6, 6.07) is 14.2. The van der Waals surface area contributed by atoms with Crippen molar-refractivity contribution >= 4 is 23.2 Å². The van der Waals surface area contributed by atoms with Crippen molar-refractivity contribution in [1.29, 1.82) is 0 Å². The second-order valence-electron chi connectivity index (χ2n) is 9.88. The number of benzene rings is 2. The summed E-state index contributed by atoms with van der Waals surface area (Å²) in [5.74, 6) is -0.0574. The van der Waals surface area contributed by atoms with Crippen LogP contribution in [0.5, 0.6) is 0 Å². The fourth-order valence-electron chi connectivity index (χ4n) is 5.94. The number of piperidine rings is 1. The first-order chi connectivity index (χ1) is 16.4. The maximum absolute atomic E-state index is 13.4. The summed E-state index contributed by atoms with van der Waals surface area (Å²) >= 11 is 6.16. The molecule has 0 unspecified atom stereocenters. The van der Waals surface area contributed by atoms with E-state index in [0.29, 0.717) is 10.6 Å². The smallest absolute Gasteiger partial charge is 0.253 e. The molecule has 1 amide bonds. The molecule has 6 nitrogen and oxygen atoms in total. The van der Waals surface area contributed by atoms with Crippen molar-refractivity contribution in [2.75, 3.05) is 51.3 Å². The molecule has 4 atom stereocenters. The zero-order chi connectivity index (χ0) is 23.8. The molecule has 2 aromatic carbocycles. The first-order valence-electron chi connectivity index (χ1n) is 12.3. The molecule has 1 N–H and O–H groups in total. The molecular weight excluding hydrogens is 450 g/mol. The van der Waals surface area contributed by atoms with Crippen molar-refractivity contribution in [2.45, 2.75) is 38.0 Å². The van der Waals surface area contributed by atoms with Gasteiger partial charge in [0.05, 0.1) is 19.3 Å². The van der Waals surface area contributed by atoms with Crippen LogP contribution in [0.15, 0.2) is 42.5 Å². The minimum Gasteiger partial charge on any atom is -0.393 e. The van der Waals surface area contributed by atoms with Crippen LogP contribution in [0.3, 0.4) is 0 Å². The van der Waals surface area contributed by atoms with Gasteiger partial charge in [0.25, 0.3) is 5.91 Å².